The van der Waals surface area contributed by atoms with Gasteiger partial charge in [-0.05, 0) is 43.2 Å². The molecule has 4 heterocycles. The van der Waals surface area contributed by atoms with Gasteiger partial charge in [0.1, 0.15) is 5.82 Å². The van der Waals surface area contributed by atoms with Gasteiger partial charge in [-0.1, -0.05) is 12.1 Å². The third-order valence-electron chi connectivity index (χ3n) is 5.26. The zero-order valence-corrected chi connectivity index (χ0v) is 14.3. The molecule has 6 nitrogen and oxygen atoms in total. The Morgan fingerprint density at radius 1 is 0.962 bits per heavy atom. The van der Waals surface area contributed by atoms with Crippen LogP contribution in [0.4, 0.5) is 5.82 Å². The van der Waals surface area contributed by atoms with Crippen LogP contribution in [0.5, 0.6) is 0 Å². The molecule has 0 radical (unpaired) electrons. The van der Waals surface area contributed by atoms with Crippen molar-refractivity contribution in [1.29, 1.82) is 0 Å². The van der Waals surface area contributed by atoms with Crippen molar-refractivity contribution in [2.24, 2.45) is 0 Å². The molecule has 1 aliphatic rings. The van der Waals surface area contributed by atoms with Crippen LogP contribution < -0.4 is 10.6 Å². The number of nitrogens with zero attached hydrogens (tertiary/aromatic N) is 4. The van der Waals surface area contributed by atoms with E-state index in [2.05, 4.69) is 25.9 Å². The third-order valence-corrected chi connectivity index (χ3v) is 5.26. The molecule has 0 spiro atoms. The first-order valence-electron chi connectivity index (χ1n) is 8.95. The number of pyridine rings is 2. The van der Waals surface area contributed by atoms with E-state index in [1.54, 1.807) is 0 Å². The van der Waals surface area contributed by atoms with Gasteiger partial charge in [0.2, 0.25) is 0 Å². The van der Waals surface area contributed by atoms with Crippen LogP contribution in [0.2, 0.25) is 0 Å². The van der Waals surface area contributed by atoms with Crippen LogP contribution in [0.15, 0.2) is 59.7 Å². The van der Waals surface area contributed by atoms with Gasteiger partial charge in [0.05, 0.1) is 16.6 Å². The van der Waals surface area contributed by atoms with Gasteiger partial charge < -0.3 is 9.88 Å². The molecular formula is C20H19N5O. The van der Waals surface area contributed by atoms with Crippen molar-refractivity contribution in [2.45, 2.75) is 18.9 Å². The molecule has 5 rings (SSSR count). The minimum atomic E-state index is -0.0165. The molecule has 4 aromatic rings. The fourth-order valence-electron chi connectivity index (χ4n) is 4.01. The summed E-state index contributed by atoms with van der Waals surface area (Å²) in [6, 6.07) is 14.1. The van der Waals surface area contributed by atoms with Gasteiger partial charge in [-0.15, -0.1) is 0 Å². The van der Waals surface area contributed by atoms with Gasteiger partial charge in [0, 0.05) is 36.9 Å². The predicted octanol–water partition coefficient (Wildman–Crippen LogP) is 3.11. The van der Waals surface area contributed by atoms with Crippen LogP contribution in [-0.2, 0) is 0 Å². The van der Waals surface area contributed by atoms with Crippen molar-refractivity contribution < 1.29 is 0 Å². The lowest BCUT2D eigenvalue weighted by molar-refractivity contribution is 0.396. The lowest BCUT2D eigenvalue weighted by atomic mass is 10.0. The van der Waals surface area contributed by atoms with Gasteiger partial charge >= 0.3 is 5.69 Å². The van der Waals surface area contributed by atoms with Gasteiger partial charge in [-0.2, -0.15) is 0 Å². The molecule has 0 atom stereocenters. The number of aromatic amines is 1. The number of H-pyrrole nitrogens is 1. The molecule has 3 aromatic heterocycles. The van der Waals surface area contributed by atoms with Gasteiger partial charge in [0.15, 0.2) is 0 Å². The Morgan fingerprint density at radius 2 is 1.81 bits per heavy atom. The standard InChI is InChI=1S/C20H19N5O/c26-20-23-17-5-1-2-6-18(17)25(20)14-8-12-24(13-9-14)19-15-4-3-10-21-16(15)7-11-22-19/h1-7,10-11,14H,8-9,12-13H2,(H,23,26). The van der Waals surface area contributed by atoms with E-state index in [-0.39, 0.29) is 11.7 Å². The Labute approximate surface area is 150 Å². The summed E-state index contributed by atoms with van der Waals surface area (Å²) in [6.07, 6.45) is 5.46. The highest BCUT2D eigenvalue weighted by atomic mass is 16.1. The number of rotatable bonds is 2. The number of hydrogen-bond donors (Lipinski definition) is 1. The Kier molecular flexibility index (Phi) is 3.48. The third kappa shape index (κ3) is 2.37. The summed E-state index contributed by atoms with van der Waals surface area (Å²) in [7, 11) is 0. The highest BCUT2D eigenvalue weighted by molar-refractivity contribution is 5.89. The van der Waals surface area contributed by atoms with Crippen LogP contribution in [0.1, 0.15) is 18.9 Å². The molecule has 130 valence electrons. The van der Waals surface area contributed by atoms with E-state index in [0.717, 1.165) is 53.7 Å². The number of aromatic nitrogens is 4. The minimum absolute atomic E-state index is 0.0165. The highest BCUT2D eigenvalue weighted by Gasteiger charge is 2.25. The van der Waals surface area contributed by atoms with Crippen LogP contribution in [0.25, 0.3) is 21.9 Å². The van der Waals surface area contributed by atoms with Crippen molar-refractivity contribution in [1.82, 2.24) is 19.5 Å². The number of para-hydroxylation sites is 2. The van der Waals surface area contributed by atoms with Crippen molar-refractivity contribution in [2.75, 3.05) is 18.0 Å². The Hall–Kier alpha value is -3.15. The normalized spacial score (nSPS) is 15.8. The van der Waals surface area contributed by atoms with Crippen molar-refractivity contribution in [3.05, 3.63) is 65.3 Å². The highest BCUT2D eigenvalue weighted by Crippen LogP contribution is 2.30. The lowest BCUT2D eigenvalue weighted by Gasteiger charge is -2.33. The number of anilines is 1. The molecule has 0 aliphatic carbocycles. The number of benzene rings is 1. The number of nitrogens with one attached hydrogen (secondary N) is 1. The maximum atomic E-state index is 12.4. The second-order valence-electron chi connectivity index (χ2n) is 6.74. The quantitative estimate of drug-likeness (QED) is 0.606. The summed E-state index contributed by atoms with van der Waals surface area (Å²) < 4.78 is 1.92. The van der Waals surface area contributed by atoms with Crippen molar-refractivity contribution >= 4 is 27.8 Å². The summed E-state index contributed by atoms with van der Waals surface area (Å²) in [5.74, 6) is 0.986. The van der Waals surface area contributed by atoms with Gasteiger partial charge in [-0.25, -0.2) is 9.78 Å². The fourth-order valence-corrected chi connectivity index (χ4v) is 4.01. The molecule has 0 bridgehead atoms. The summed E-state index contributed by atoms with van der Waals surface area (Å²) in [5.41, 5.74) is 2.84. The minimum Gasteiger partial charge on any atom is -0.356 e. The van der Waals surface area contributed by atoms with Gasteiger partial charge in [0.25, 0.3) is 0 Å². The van der Waals surface area contributed by atoms with E-state index in [1.807, 2.05) is 53.4 Å². The largest absolute Gasteiger partial charge is 0.356 e. The first kappa shape index (κ1) is 15.1. The number of fused-ring (bicyclic) bond motifs is 2. The number of hydrogen-bond acceptors (Lipinski definition) is 4. The van der Waals surface area contributed by atoms with E-state index in [4.69, 9.17) is 0 Å². The van der Waals surface area contributed by atoms with Crippen molar-refractivity contribution in [3.8, 4) is 0 Å². The van der Waals surface area contributed by atoms with Crippen LogP contribution in [-0.4, -0.2) is 32.6 Å². The molecule has 1 fully saturated rings. The van der Waals surface area contributed by atoms with E-state index in [1.165, 1.54) is 0 Å². The number of imidazole rings is 1. The van der Waals surface area contributed by atoms with Crippen molar-refractivity contribution in [3.63, 3.8) is 0 Å². The maximum absolute atomic E-state index is 12.4. The van der Waals surface area contributed by atoms with E-state index in [0.29, 0.717) is 0 Å². The second-order valence-corrected chi connectivity index (χ2v) is 6.74. The zero-order valence-electron chi connectivity index (χ0n) is 14.3. The average Bonchev–Trinajstić information content (AvgIpc) is 3.03. The fraction of sp³-hybridized carbons (Fsp3) is 0.250. The SMILES string of the molecule is O=c1[nH]c2ccccc2n1C1CCN(c2nccc3ncccc23)CC1. The smallest absolute Gasteiger partial charge is 0.326 e. The summed E-state index contributed by atoms with van der Waals surface area (Å²) >= 11 is 0. The summed E-state index contributed by atoms with van der Waals surface area (Å²) in [4.78, 5) is 26.7. The Balaban J connectivity index is 1.44. The molecule has 0 saturated carbocycles. The van der Waals surface area contributed by atoms with Crippen LogP contribution in [0, 0.1) is 0 Å². The molecule has 1 N–H and O–H groups in total. The predicted molar refractivity (Wildman–Crippen MR) is 103 cm³/mol. The summed E-state index contributed by atoms with van der Waals surface area (Å²) in [6.45, 7) is 1.75. The Morgan fingerprint density at radius 3 is 2.69 bits per heavy atom. The van der Waals surface area contributed by atoms with E-state index < -0.39 is 0 Å². The summed E-state index contributed by atoms with van der Waals surface area (Å²) in [5, 5.41) is 1.08. The van der Waals surface area contributed by atoms with E-state index >= 15 is 0 Å². The lowest BCUT2D eigenvalue weighted by Crippen LogP contribution is -2.37. The maximum Gasteiger partial charge on any atom is 0.326 e. The zero-order chi connectivity index (χ0) is 17.5. The van der Waals surface area contributed by atoms with Gasteiger partial charge in [-0.3, -0.25) is 9.55 Å². The molecule has 1 aromatic carbocycles. The van der Waals surface area contributed by atoms with Crippen LogP contribution in [0.3, 0.4) is 0 Å². The van der Waals surface area contributed by atoms with Crippen LogP contribution >= 0.6 is 0 Å². The molecule has 1 aliphatic heterocycles. The molecule has 26 heavy (non-hydrogen) atoms. The topological polar surface area (TPSA) is 66.8 Å². The van der Waals surface area contributed by atoms with E-state index in [9.17, 15) is 4.79 Å². The first-order valence-corrected chi connectivity index (χ1v) is 8.95. The molecule has 6 heteroatoms. The molecular weight excluding hydrogens is 326 g/mol. The Bertz CT molecular complexity index is 1130. The average molecular weight is 345 g/mol. The first-order chi connectivity index (χ1) is 12.8. The molecule has 0 unspecified atom stereocenters. The number of piperidine rings is 1. The second kappa shape index (κ2) is 5.98. The molecule has 1 saturated heterocycles. The monoisotopic (exact) mass is 345 g/mol. The molecule has 0 amide bonds.